The van der Waals surface area contributed by atoms with Crippen molar-refractivity contribution in [3.8, 4) is 0 Å². The fourth-order valence-electron chi connectivity index (χ4n) is 3.49. The predicted molar refractivity (Wildman–Crippen MR) is 88.0 cm³/mol. The number of anilines is 2. The maximum atomic E-state index is 12.8. The van der Waals surface area contributed by atoms with Gasteiger partial charge in [0.25, 0.3) is 5.91 Å². The third-order valence-electron chi connectivity index (χ3n) is 4.86. The molecule has 0 bridgehead atoms. The Morgan fingerprint density at radius 1 is 1.29 bits per heavy atom. The smallest absolute Gasteiger partial charge is 0.327 e. The Morgan fingerprint density at radius 3 is 2.62 bits per heavy atom. The molecule has 4 amide bonds. The van der Waals surface area contributed by atoms with Crippen molar-refractivity contribution in [3.05, 3.63) is 18.3 Å². The SMILES string of the molecule is CN1C(=O)N(CC(=O)Nc2ccc(N)nc2)C(=O)C12CCCCC2. The van der Waals surface area contributed by atoms with Gasteiger partial charge in [0, 0.05) is 7.05 Å². The summed E-state index contributed by atoms with van der Waals surface area (Å²) in [4.78, 5) is 43.9. The molecule has 1 saturated heterocycles. The Bertz CT molecular complexity index is 667. The van der Waals surface area contributed by atoms with E-state index in [9.17, 15) is 14.4 Å². The van der Waals surface area contributed by atoms with Crippen molar-refractivity contribution in [2.75, 3.05) is 24.6 Å². The molecule has 2 fully saturated rings. The molecule has 3 N–H and O–H groups in total. The molecule has 3 rings (SSSR count). The van der Waals surface area contributed by atoms with Gasteiger partial charge in [0.1, 0.15) is 17.9 Å². The molecule has 0 radical (unpaired) electrons. The largest absolute Gasteiger partial charge is 0.384 e. The van der Waals surface area contributed by atoms with Crippen LogP contribution in [-0.4, -0.2) is 51.8 Å². The summed E-state index contributed by atoms with van der Waals surface area (Å²) in [7, 11) is 1.65. The van der Waals surface area contributed by atoms with E-state index in [2.05, 4.69) is 10.3 Å². The molecule has 8 nitrogen and oxygen atoms in total. The number of carbonyl (C=O) groups excluding carboxylic acids is 3. The lowest BCUT2D eigenvalue weighted by molar-refractivity contribution is -0.136. The molecular formula is C16H21N5O3. The number of pyridine rings is 1. The van der Waals surface area contributed by atoms with Gasteiger partial charge in [-0.2, -0.15) is 0 Å². The Morgan fingerprint density at radius 2 is 2.00 bits per heavy atom. The number of nitrogens with zero attached hydrogens (tertiary/aromatic N) is 3. The Kier molecular flexibility index (Phi) is 4.13. The molecule has 2 heterocycles. The van der Waals surface area contributed by atoms with Gasteiger partial charge in [-0.3, -0.25) is 14.5 Å². The number of nitrogens with one attached hydrogen (secondary N) is 1. The van der Waals surface area contributed by atoms with E-state index in [-0.39, 0.29) is 12.5 Å². The van der Waals surface area contributed by atoms with Crippen LogP contribution in [0, 0.1) is 0 Å². The number of imide groups is 1. The average Bonchev–Trinajstić information content (AvgIpc) is 2.74. The highest BCUT2D eigenvalue weighted by Gasteiger charge is 2.55. The summed E-state index contributed by atoms with van der Waals surface area (Å²) in [6.45, 7) is -0.297. The van der Waals surface area contributed by atoms with Gasteiger partial charge < -0.3 is 16.0 Å². The number of nitrogen functional groups attached to an aromatic ring is 1. The monoisotopic (exact) mass is 331 g/mol. The number of carbonyl (C=O) groups is 3. The first-order chi connectivity index (χ1) is 11.4. The van der Waals surface area contributed by atoms with Gasteiger partial charge in [-0.1, -0.05) is 19.3 Å². The second kappa shape index (κ2) is 6.10. The molecule has 1 aromatic heterocycles. The van der Waals surface area contributed by atoms with Crippen LogP contribution >= 0.6 is 0 Å². The average molecular weight is 331 g/mol. The highest BCUT2D eigenvalue weighted by Crippen LogP contribution is 2.39. The van der Waals surface area contributed by atoms with Crippen molar-refractivity contribution in [3.63, 3.8) is 0 Å². The van der Waals surface area contributed by atoms with E-state index >= 15 is 0 Å². The predicted octanol–water partition coefficient (Wildman–Crippen LogP) is 1.20. The zero-order chi connectivity index (χ0) is 17.3. The van der Waals surface area contributed by atoms with Gasteiger partial charge in [0.2, 0.25) is 5.91 Å². The first kappa shape index (κ1) is 16.2. The van der Waals surface area contributed by atoms with E-state index in [1.807, 2.05) is 0 Å². The van der Waals surface area contributed by atoms with Crippen LogP contribution in [0.2, 0.25) is 0 Å². The molecule has 24 heavy (non-hydrogen) atoms. The Balaban J connectivity index is 1.70. The Labute approximate surface area is 140 Å². The summed E-state index contributed by atoms with van der Waals surface area (Å²) < 4.78 is 0. The number of amides is 4. The van der Waals surface area contributed by atoms with Crippen LogP contribution in [0.3, 0.4) is 0 Å². The number of nitrogens with two attached hydrogens (primary N) is 1. The molecule has 0 unspecified atom stereocenters. The topological polar surface area (TPSA) is 109 Å². The molecule has 1 saturated carbocycles. The molecular weight excluding hydrogens is 310 g/mol. The molecule has 1 aliphatic heterocycles. The summed E-state index contributed by atoms with van der Waals surface area (Å²) >= 11 is 0. The number of aromatic nitrogens is 1. The van der Waals surface area contributed by atoms with Crippen LogP contribution in [0.25, 0.3) is 0 Å². The van der Waals surface area contributed by atoms with Gasteiger partial charge in [0.15, 0.2) is 0 Å². The summed E-state index contributed by atoms with van der Waals surface area (Å²) in [6.07, 6.45) is 5.65. The van der Waals surface area contributed by atoms with Crippen LogP contribution in [0.15, 0.2) is 18.3 Å². The molecule has 0 aromatic carbocycles. The molecule has 1 spiro atoms. The van der Waals surface area contributed by atoms with Crippen molar-refractivity contribution < 1.29 is 14.4 Å². The third kappa shape index (κ3) is 2.68. The minimum atomic E-state index is -0.766. The Hall–Kier alpha value is -2.64. The van der Waals surface area contributed by atoms with Crippen molar-refractivity contribution in [1.29, 1.82) is 0 Å². The lowest BCUT2D eigenvalue weighted by Gasteiger charge is -2.35. The van der Waals surface area contributed by atoms with Crippen molar-refractivity contribution in [2.45, 2.75) is 37.6 Å². The van der Waals surface area contributed by atoms with Crippen LogP contribution in [0.4, 0.5) is 16.3 Å². The van der Waals surface area contributed by atoms with E-state index in [1.165, 1.54) is 11.1 Å². The van der Waals surface area contributed by atoms with Gasteiger partial charge in [-0.15, -0.1) is 0 Å². The minimum absolute atomic E-state index is 0.264. The summed E-state index contributed by atoms with van der Waals surface area (Å²) in [5.74, 6) is -0.358. The maximum Gasteiger partial charge on any atom is 0.327 e. The van der Waals surface area contributed by atoms with Crippen molar-refractivity contribution in [2.24, 2.45) is 0 Å². The van der Waals surface area contributed by atoms with Gasteiger partial charge in [-0.05, 0) is 25.0 Å². The fourth-order valence-corrected chi connectivity index (χ4v) is 3.49. The van der Waals surface area contributed by atoms with Gasteiger partial charge in [-0.25, -0.2) is 9.78 Å². The number of rotatable bonds is 3. The van der Waals surface area contributed by atoms with Crippen LogP contribution in [0.1, 0.15) is 32.1 Å². The normalized spacial score (nSPS) is 19.9. The molecule has 0 atom stereocenters. The third-order valence-corrected chi connectivity index (χ3v) is 4.86. The molecule has 1 aliphatic carbocycles. The highest BCUT2D eigenvalue weighted by atomic mass is 16.2. The van der Waals surface area contributed by atoms with Crippen LogP contribution in [0.5, 0.6) is 0 Å². The first-order valence-electron chi connectivity index (χ1n) is 8.05. The summed E-state index contributed by atoms with van der Waals surface area (Å²) in [5.41, 5.74) is 5.19. The van der Waals surface area contributed by atoms with E-state index in [0.29, 0.717) is 24.3 Å². The number of likely N-dealkylation sites (N-methyl/N-ethyl adjacent to an activating group) is 1. The number of urea groups is 1. The lowest BCUT2D eigenvalue weighted by Crippen LogP contribution is -2.49. The maximum absolute atomic E-state index is 12.8. The molecule has 128 valence electrons. The van der Waals surface area contributed by atoms with Gasteiger partial charge in [0.05, 0.1) is 11.9 Å². The zero-order valence-corrected chi connectivity index (χ0v) is 13.6. The summed E-state index contributed by atoms with van der Waals surface area (Å²) in [6, 6.07) is 2.77. The van der Waals surface area contributed by atoms with Crippen molar-refractivity contribution in [1.82, 2.24) is 14.8 Å². The standard InChI is InChI=1S/C16H21N5O3/c1-20-15(24)21(14(23)16(20)7-3-2-4-8-16)10-13(22)19-11-5-6-12(17)18-9-11/h5-6,9H,2-4,7-8,10H2,1H3,(H2,17,18)(H,19,22). The van der Waals surface area contributed by atoms with Crippen LogP contribution in [-0.2, 0) is 9.59 Å². The van der Waals surface area contributed by atoms with E-state index < -0.39 is 17.5 Å². The second-order valence-corrected chi connectivity index (χ2v) is 6.35. The number of hydrogen-bond donors (Lipinski definition) is 2. The minimum Gasteiger partial charge on any atom is -0.384 e. The number of hydrogen-bond acceptors (Lipinski definition) is 5. The van der Waals surface area contributed by atoms with E-state index in [0.717, 1.165) is 24.2 Å². The fraction of sp³-hybridized carbons (Fsp3) is 0.500. The molecule has 8 heteroatoms. The second-order valence-electron chi connectivity index (χ2n) is 6.35. The molecule has 1 aromatic rings. The highest BCUT2D eigenvalue weighted by molar-refractivity contribution is 6.10. The van der Waals surface area contributed by atoms with Gasteiger partial charge >= 0.3 is 6.03 Å². The zero-order valence-electron chi connectivity index (χ0n) is 13.6. The first-order valence-corrected chi connectivity index (χ1v) is 8.05. The van der Waals surface area contributed by atoms with E-state index in [4.69, 9.17) is 5.73 Å². The van der Waals surface area contributed by atoms with Crippen molar-refractivity contribution >= 4 is 29.4 Å². The van der Waals surface area contributed by atoms with E-state index in [1.54, 1.807) is 19.2 Å². The molecule has 2 aliphatic rings. The quantitative estimate of drug-likeness (QED) is 0.809. The lowest BCUT2D eigenvalue weighted by atomic mass is 9.81. The summed E-state index contributed by atoms with van der Waals surface area (Å²) in [5, 5.41) is 2.62. The van der Waals surface area contributed by atoms with Crippen LogP contribution < -0.4 is 11.1 Å².